The van der Waals surface area contributed by atoms with Crippen LogP contribution < -0.4 is 15.5 Å². The van der Waals surface area contributed by atoms with Crippen molar-refractivity contribution in [3.05, 3.63) is 108 Å². The number of ether oxygens (including phenoxy) is 1. The summed E-state index contributed by atoms with van der Waals surface area (Å²) in [5, 5.41) is 8.91. The summed E-state index contributed by atoms with van der Waals surface area (Å²) in [6.07, 6.45) is 1.62. The number of hydrogen-bond donors (Lipinski definition) is 2. The molecule has 0 heterocycles. The summed E-state index contributed by atoms with van der Waals surface area (Å²) < 4.78 is 5.89. The van der Waals surface area contributed by atoms with Crippen LogP contribution in [0, 0.1) is 0 Å². The zero-order valence-electron chi connectivity index (χ0n) is 18.6. The number of amides is 2. The van der Waals surface area contributed by atoms with Crippen LogP contribution in [-0.4, -0.2) is 18.0 Å². The number of carbonyl (C=O) groups is 2. The lowest BCUT2D eigenvalue weighted by Crippen LogP contribution is -2.20. The third-order valence-electron chi connectivity index (χ3n) is 5.19. The number of nitrogens with zero attached hydrogens (tertiary/aromatic N) is 1. The van der Waals surface area contributed by atoms with Gasteiger partial charge >= 0.3 is 0 Å². The topological polar surface area (TPSA) is 79.8 Å². The average molecular weight is 452 g/mol. The number of benzene rings is 4. The highest BCUT2D eigenvalue weighted by molar-refractivity contribution is 6.02. The van der Waals surface area contributed by atoms with Crippen molar-refractivity contribution in [2.45, 2.75) is 19.4 Å². The normalized spacial score (nSPS) is 10.8. The molecule has 0 saturated carbocycles. The Balaban J connectivity index is 1.26. The van der Waals surface area contributed by atoms with Gasteiger partial charge in [0, 0.05) is 29.5 Å². The third kappa shape index (κ3) is 6.29. The highest BCUT2D eigenvalue weighted by atomic mass is 16.5. The Morgan fingerprint density at radius 1 is 0.765 bits per heavy atom. The molecule has 0 unspecified atom stereocenters. The first-order valence-corrected chi connectivity index (χ1v) is 11.0. The summed E-state index contributed by atoms with van der Waals surface area (Å²) in [6.45, 7) is 0.434. The summed E-state index contributed by atoms with van der Waals surface area (Å²) in [5.41, 5.74) is 5.01. The molecule has 6 nitrogen and oxygen atoms in total. The molecule has 34 heavy (non-hydrogen) atoms. The molecule has 0 aliphatic heterocycles. The molecule has 0 radical (unpaired) electrons. The van der Waals surface area contributed by atoms with Gasteiger partial charge in [0.05, 0.1) is 6.21 Å². The third-order valence-corrected chi connectivity index (χ3v) is 5.19. The maximum absolute atomic E-state index is 12.3. The summed E-state index contributed by atoms with van der Waals surface area (Å²) in [4.78, 5) is 24.5. The van der Waals surface area contributed by atoms with Crippen LogP contribution in [0.5, 0.6) is 5.75 Å². The summed E-state index contributed by atoms with van der Waals surface area (Å²) >= 11 is 0. The molecule has 0 aromatic heterocycles. The molecule has 0 saturated heterocycles. The second-order valence-corrected chi connectivity index (χ2v) is 7.68. The quantitative estimate of drug-likeness (QED) is 0.268. The lowest BCUT2D eigenvalue weighted by Gasteiger charge is -2.09. The minimum atomic E-state index is -0.341. The smallest absolute Gasteiger partial charge is 0.240 e. The molecular formula is C28H25N3O3. The van der Waals surface area contributed by atoms with E-state index in [0.717, 1.165) is 27.6 Å². The number of hydrazone groups is 1. The largest absolute Gasteiger partial charge is 0.488 e. The number of fused-ring (bicyclic) bond motifs is 1. The van der Waals surface area contributed by atoms with Crippen LogP contribution in [0.3, 0.4) is 0 Å². The van der Waals surface area contributed by atoms with Gasteiger partial charge in [0.2, 0.25) is 11.8 Å². The van der Waals surface area contributed by atoms with E-state index in [1.165, 1.54) is 6.21 Å². The predicted octanol–water partition coefficient (Wildman–Crippen LogP) is 5.29. The van der Waals surface area contributed by atoms with Crippen LogP contribution in [-0.2, 0) is 16.2 Å². The molecule has 4 aromatic rings. The molecule has 2 amide bonds. The number of nitrogens with one attached hydrogen (secondary N) is 2. The van der Waals surface area contributed by atoms with Crippen LogP contribution in [0.2, 0.25) is 0 Å². The van der Waals surface area contributed by atoms with Crippen LogP contribution >= 0.6 is 0 Å². The zero-order valence-corrected chi connectivity index (χ0v) is 18.6. The fourth-order valence-corrected chi connectivity index (χ4v) is 3.46. The fourth-order valence-electron chi connectivity index (χ4n) is 3.46. The van der Waals surface area contributed by atoms with Crippen molar-refractivity contribution in [1.82, 2.24) is 5.43 Å². The SMILES string of the molecule is O=C(CCC(=O)Nc1cccc2ccccc12)N/N=C/c1ccccc1OCc1ccccc1. The highest BCUT2D eigenvalue weighted by Gasteiger charge is 2.09. The lowest BCUT2D eigenvalue weighted by atomic mass is 10.1. The molecule has 0 atom stereocenters. The Kier molecular flexibility index (Phi) is 7.64. The maximum atomic E-state index is 12.3. The van der Waals surface area contributed by atoms with Crippen LogP contribution in [0.1, 0.15) is 24.0 Å². The molecule has 6 heteroatoms. The number of hydrogen-bond acceptors (Lipinski definition) is 4. The van der Waals surface area contributed by atoms with Crippen molar-refractivity contribution >= 4 is 34.5 Å². The van der Waals surface area contributed by atoms with Gasteiger partial charge in [-0.2, -0.15) is 5.10 Å². The molecule has 0 fully saturated rings. The Hall–Kier alpha value is -4.45. The monoisotopic (exact) mass is 451 g/mol. The maximum Gasteiger partial charge on any atom is 0.240 e. The van der Waals surface area contributed by atoms with E-state index in [2.05, 4.69) is 15.8 Å². The Morgan fingerprint density at radius 3 is 2.35 bits per heavy atom. The van der Waals surface area contributed by atoms with Crippen molar-refractivity contribution in [3.8, 4) is 5.75 Å². The van der Waals surface area contributed by atoms with E-state index in [4.69, 9.17) is 4.74 Å². The minimum Gasteiger partial charge on any atom is -0.488 e. The second-order valence-electron chi connectivity index (χ2n) is 7.68. The molecule has 0 aliphatic carbocycles. The Morgan fingerprint density at radius 2 is 1.47 bits per heavy atom. The Bertz CT molecular complexity index is 1300. The summed E-state index contributed by atoms with van der Waals surface area (Å²) in [5.74, 6) is 0.0981. The molecule has 4 rings (SSSR count). The van der Waals surface area contributed by atoms with Gasteiger partial charge in [0.15, 0.2) is 0 Å². The number of anilines is 1. The summed E-state index contributed by atoms with van der Waals surface area (Å²) in [6, 6.07) is 30.9. The van der Waals surface area contributed by atoms with Gasteiger partial charge in [-0.25, -0.2) is 5.43 Å². The van der Waals surface area contributed by atoms with Crippen LogP contribution in [0.25, 0.3) is 10.8 Å². The first-order valence-electron chi connectivity index (χ1n) is 11.0. The van der Waals surface area contributed by atoms with E-state index in [1.807, 2.05) is 97.1 Å². The van der Waals surface area contributed by atoms with E-state index in [0.29, 0.717) is 12.4 Å². The molecule has 0 aliphatic rings. The van der Waals surface area contributed by atoms with E-state index in [9.17, 15) is 9.59 Å². The van der Waals surface area contributed by atoms with Gasteiger partial charge in [0.1, 0.15) is 12.4 Å². The predicted molar refractivity (Wildman–Crippen MR) is 135 cm³/mol. The van der Waals surface area contributed by atoms with Crippen molar-refractivity contribution in [2.24, 2.45) is 5.10 Å². The molecule has 170 valence electrons. The van der Waals surface area contributed by atoms with E-state index < -0.39 is 0 Å². The number of para-hydroxylation sites is 1. The van der Waals surface area contributed by atoms with Crippen molar-refractivity contribution in [3.63, 3.8) is 0 Å². The van der Waals surface area contributed by atoms with Gasteiger partial charge in [0.25, 0.3) is 0 Å². The first-order chi connectivity index (χ1) is 16.7. The lowest BCUT2D eigenvalue weighted by molar-refractivity contribution is -0.124. The number of carbonyl (C=O) groups excluding carboxylic acids is 2. The molecule has 0 spiro atoms. The minimum absolute atomic E-state index is 0.0279. The first kappa shape index (κ1) is 22.7. The van der Waals surface area contributed by atoms with E-state index in [1.54, 1.807) is 0 Å². The van der Waals surface area contributed by atoms with Gasteiger partial charge < -0.3 is 10.1 Å². The second kappa shape index (κ2) is 11.4. The molecule has 4 aromatic carbocycles. The average Bonchev–Trinajstić information content (AvgIpc) is 2.88. The highest BCUT2D eigenvalue weighted by Crippen LogP contribution is 2.23. The van der Waals surface area contributed by atoms with Gasteiger partial charge in [-0.1, -0.05) is 78.9 Å². The van der Waals surface area contributed by atoms with Gasteiger partial charge in [-0.15, -0.1) is 0 Å². The standard InChI is InChI=1S/C28H25N3O3/c32-27(30-25-15-8-13-22-11-4-6-14-24(22)25)17-18-28(33)31-29-19-23-12-5-7-16-26(23)34-20-21-9-2-1-3-10-21/h1-16,19H,17-18,20H2,(H,30,32)(H,31,33)/b29-19+. The van der Waals surface area contributed by atoms with Gasteiger partial charge in [-0.05, 0) is 29.1 Å². The number of rotatable bonds is 9. The molecule has 2 N–H and O–H groups in total. The Labute approximate surface area is 198 Å². The van der Waals surface area contributed by atoms with Crippen LogP contribution in [0.4, 0.5) is 5.69 Å². The zero-order chi connectivity index (χ0) is 23.6. The van der Waals surface area contributed by atoms with Gasteiger partial charge in [-0.3, -0.25) is 9.59 Å². The summed E-state index contributed by atoms with van der Waals surface area (Å²) in [7, 11) is 0. The van der Waals surface area contributed by atoms with E-state index in [-0.39, 0.29) is 24.7 Å². The van der Waals surface area contributed by atoms with Crippen LogP contribution in [0.15, 0.2) is 102 Å². The van der Waals surface area contributed by atoms with Crippen molar-refractivity contribution in [1.29, 1.82) is 0 Å². The van der Waals surface area contributed by atoms with Crippen molar-refractivity contribution in [2.75, 3.05) is 5.32 Å². The van der Waals surface area contributed by atoms with E-state index >= 15 is 0 Å². The molecule has 0 bridgehead atoms. The fraction of sp³-hybridized carbons (Fsp3) is 0.107. The van der Waals surface area contributed by atoms with Crippen molar-refractivity contribution < 1.29 is 14.3 Å². The molecular weight excluding hydrogens is 426 g/mol.